The number of carbonyl (C=O) groups excluding carboxylic acids is 1. The predicted molar refractivity (Wildman–Crippen MR) is 74.1 cm³/mol. The number of carbonyl (C=O) groups is 1. The first-order valence-corrected chi connectivity index (χ1v) is 7.24. The van der Waals surface area contributed by atoms with Gasteiger partial charge in [0, 0.05) is 12.6 Å². The van der Waals surface area contributed by atoms with E-state index in [1.165, 1.54) is 6.92 Å². The minimum Gasteiger partial charge on any atom is -0.345 e. The lowest BCUT2D eigenvalue weighted by molar-refractivity contribution is -0.144. The minimum atomic E-state index is -4.65. The molecule has 3 rings (SSSR count). The molecule has 1 amide bonds. The maximum atomic E-state index is 12.6. The summed E-state index contributed by atoms with van der Waals surface area (Å²) >= 11 is 0. The number of nitrogens with one attached hydrogen (secondary N) is 2. The lowest BCUT2D eigenvalue weighted by Gasteiger charge is -2.14. The van der Waals surface area contributed by atoms with Gasteiger partial charge in [-0.05, 0) is 25.7 Å². The number of hydrogen-bond acceptors (Lipinski definition) is 6. The summed E-state index contributed by atoms with van der Waals surface area (Å²) in [5, 5.41) is 11.9. The molecule has 0 spiro atoms. The van der Waals surface area contributed by atoms with Crippen LogP contribution < -0.4 is 11.1 Å². The summed E-state index contributed by atoms with van der Waals surface area (Å²) in [6.07, 6.45) is -2.65. The van der Waals surface area contributed by atoms with E-state index in [1.54, 1.807) is 5.10 Å². The molecule has 0 saturated heterocycles. The van der Waals surface area contributed by atoms with Gasteiger partial charge in [-0.3, -0.25) is 9.89 Å². The van der Waals surface area contributed by atoms with Crippen LogP contribution in [0.25, 0.3) is 5.95 Å². The number of aromatic amines is 1. The standard InChI is InChI=1S/C12H15F3N8O/c1-5-17-8(9(24)18-7(4-16)6-2-3-6)22-23(5)11-19-10(20-21-11)12(13,14)15/h6-7H,2-4,16H2,1H3,(H,18,24)(H,19,20,21). The van der Waals surface area contributed by atoms with Crippen molar-refractivity contribution in [3.05, 3.63) is 17.5 Å². The molecule has 1 aliphatic carbocycles. The van der Waals surface area contributed by atoms with Gasteiger partial charge in [-0.15, -0.1) is 10.2 Å². The normalized spacial score (nSPS) is 16.2. The van der Waals surface area contributed by atoms with Crippen LogP contribution in [0.3, 0.4) is 0 Å². The van der Waals surface area contributed by atoms with Crippen LogP contribution in [0.2, 0.25) is 0 Å². The number of rotatable bonds is 5. The molecule has 2 heterocycles. The largest absolute Gasteiger partial charge is 0.451 e. The second-order valence-corrected chi connectivity index (χ2v) is 5.53. The third kappa shape index (κ3) is 3.22. The molecule has 1 unspecified atom stereocenters. The van der Waals surface area contributed by atoms with Crippen LogP contribution in [0, 0.1) is 12.8 Å². The minimum absolute atomic E-state index is 0.162. The molecule has 12 heteroatoms. The maximum absolute atomic E-state index is 12.6. The SMILES string of the molecule is Cc1nc(C(=O)NC(CN)C2CC2)nn1-c1n[nH]c(C(F)(F)F)n1. The van der Waals surface area contributed by atoms with Crippen LogP contribution >= 0.6 is 0 Å². The number of H-pyrrole nitrogens is 1. The lowest BCUT2D eigenvalue weighted by atomic mass is 10.2. The predicted octanol–water partition coefficient (Wildman–Crippen LogP) is 0.180. The zero-order valence-electron chi connectivity index (χ0n) is 12.6. The Morgan fingerprint density at radius 3 is 2.71 bits per heavy atom. The molecule has 2 aromatic heterocycles. The van der Waals surface area contributed by atoms with E-state index in [-0.39, 0.29) is 23.6 Å². The van der Waals surface area contributed by atoms with Crippen molar-refractivity contribution in [1.82, 2.24) is 35.3 Å². The fraction of sp³-hybridized carbons (Fsp3) is 0.583. The van der Waals surface area contributed by atoms with Gasteiger partial charge in [0.25, 0.3) is 11.9 Å². The second-order valence-electron chi connectivity index (χ2n) is 5.53. The van der Waals surface area contributed by atoms with Gasteiger partial charge >= 0.3 is 6.18 Å². The van der Waals surface area contributed by atoms with Gasteiger partial charge in [0.05, 0.1) is 0 Å². The number of hydrogen-bond donors (Lipinski definition) is 3. The molecule has 9 nitrogen and oxygen atoms in total. The summed E-state index contributed by atoms with van der Waals surface area (Å²) in [6, 6.07) is -0.162. The summed E-state index contributed by atoms with van der Waals surface area (Å²) in [6.45, 7) is 1.78. The van der Waals surface area contributed by atoms with E-state index in [9.17, 15) is 18.0 Å². The Morgan fingerprint density at radius 1 is 1.46 bits per heavy atom. The summed E-state index contributed by atoms with van der Waals surface area (Å²) in [7, 11) is 0. The molecule has 1 aliphatic rings. The number of amides is 1. The first kappa shape index (κ1) is 16.4. The fourth-order valence-corrected chi connectivity index (χ4v) is 2.25. The molecule has 2 aromatic rings. The summed E-state index contributed by atoms with van der Waals surface area (Å²) in [4.78, 5) is 19.4. The van der Waals surface area contributed by atoms with Gasteiger partial charge in [-0.25, -0.2) is 4.98 Å². The van der Waals surface area contributed by atoms with Crippen LogP contribution in [-0.2, 0) is 6.18 Å². The summed E-state index contributed by atoms with van der Waals surface area (Å²) in [5.74, 6) is -1.77. The van der Waals surface area contributed by atoms with E-state index >= 15 is 0 Å². The van der Waals surface area contributed by atoms with E-state index in [0.717, 1.165) is 17.5 Å². The number of nitrogens with two attached hydrogens (primary N) is 1. The van der Waals surface area contributed by atoms with Crippen LogP contribution in [0.1, 0.15) is 35.1 Å². The second kappa shape index (κ2) is 5.85. The molecular weight excluding hydrogens is 329 g/mol. The number of halogens is 3. The van der Waals surface area contributed by atoms with E-state index in [2.05, 4.69) is 25.5 Å². The third-order valence-corrected chi connectivity index (χ3v) is 3.67. The average Bonchev–Trinajstić information content (AvgIpc) is 3.08. The fourth-order valence-electron chi connectivity index (χ4n) is 2.25. The molecule has 24 heavy (non-hydrogen) atoms. The van der Waals surface area contributed by atoms with Gasteiger partial charge in [0.15, 0.2) is 0 Å². The Labute approximate surface area is 133 Å². The van der Waals surface area contributed by atoms with Gasteiger partial charge < -0.3 is 11.1 Å². The molecule has 1 atom stereocenters. The van der Waals surface area contributed by atoms with Gasteiger partial charge in [-0.1, -0.05) is 0 Å². The number of nitrogens with zero attached hydrogens (tertiary/aromatic N) is 5. The van der Waals surface area contributed by atoms with Crippen molar-refractivity contribution in [2.24, 2.45) is 11.7 Å². The number of aromatic nitrogens is 6. The van der Waals surface area contributed by atoms with Crippen molar-refractivity contribution in [3.8, 4) is 5.95 Å². The van der Waals surface area contributed by atoms with Crippen LogP contribution in [0.4, 0.5) is 13.2 Å². The topological polar surface area (TPSA) is 127 Å². The molecule has 1 fully saturated rings. The quantitative estimate of drug-likeness (QED) is 0.710. The van der Waals surface area contributed by atoms with Crippen molar-refractivity contribution in [3.63, 3.8) is 0 Å². The number of alkyl halides is 3. The van der Waals surface area contributed by atoms with E-state index < -0.39 is 17.9 Å². The first-order valence-electron chi connectivity index (χ1n) is 7.24. The monoisotopic (exact) mass is 344 g/mol. The van der Waals surface area contributed by atoms with Crippen molar-refractivity contribution in [2.75, 3.05) is 6.54 Å². The summed E-state index contributed by atoms with van der Waals surface area (Å²) in [5.41, 5.74) is 5.62. The van der Waals surface area contributed by atoms with Crippen molar-refractivity contribution < 1.29 is 18.0 Å². The van der Waals surface area contributed by atoms with E-state index in [4.69, 9.17) is 5.73 Å². The highest BCUT2D eigenvalue weighted by Gasteiger charge is 2.36. The average molecular weight is 344 g/mol. The molecule has 0 radical (unpaired) electrons. The highest BCUT2D eigenvalue weighted by atomic mass is 19.4. The van der Waals surface area contributed by atoms with Gasteiger partial charge in [0.1, 0.15) is 5.82 Å². The highest BCUT2D eigenvalue weighted by molar-refractivity contribution is 5.90. The Bertz CT molecular complexity index is 748. The zero-order chi connectivity index (χ0) is 17.5. The van der Waals surface area contributed by atoms with Crippen molar-refractivity contribution in [1.29, 1.82) is 0 Å². The van der Waals surface area contributed by atoms with Crippen molar-refractivity contribution in [2.45, 2.75) is 32.0 Å². The molecule has 0 aromatic carbocycles. The van der Waals surface area contributed by atoms with Crippen LogP contribution in [0.15, 0.2) is 0 Å². The summed E-state index contributed by atoms with van der Waals surface area (Å²) < 4.78 is 38.6. The lowest BCUT2D eigenvalue weighted by Crippen LogP contribution is -2.42. The Hall–Kier alpha value is -2.50. The van der Waals surface area contributed by atoms with Gasteiger partial charge in [0.2, 0.25) is 11.6 Å². The first-order chi connectivity index (χ1) is 11.3. The maximum Gasteiger partial charge on any atom is 0.451 e. The molecule has 4 N–H and O–H groups in total. The Kier molecular flexibility index (Phi) is 3.99. The Morgan fingerprint density at radius 2 is 2.17 bits per heavy atom. The Balaban J connectivity index is 1.79. The van der Waals surface area contributed by atoms with E-state index in [0.29, 0.717) is 12.5 Å². The van der Waals surface area contributed by atoms with Crippen molar-refractivity contribution >= 4 is 5.91 Å². The molecule has 0 aliphatic heterocycles. The molecular formula is C12H15F3N8O. The van der Waals surface area contributed by atoms with Gasteiger partial charge in [-0.2, -0.15) is 22.8 Å². The van der Waals surface area contributed by atoms with E-state index in [1.807, 2.05) is 0 Å². The van der Waals surface area contributed by atoms with Crippen LogP contribution in [0.5, 0.6) is 0 Å². The number of aryl methyl sites for hydroxylation is 1. The van der Waals surface area contributed by atoms with Crippen LogP contribution in [-0.4, -0.2) is 48.4 Å². The highest BCUT2D eigenvalue weighted by Crippen LogP contribution is 2.32. The molecule has 130 valence electrons. The zero-order valence-corrected chi connectivity index (χ0v) is 12.6. The molecule has 1 saturated carbocycles. The molecule has 0 bridgehead atoms. The third-order valence-electron chi connectivity index (χ3n) is 3.67. The smallest absolute Gasteiger partial charge is 0.345 e.